The molecule has 2 heterocycles. The zero-order valence-corrected chi connectivity index (χ0v) is 11.0. The Kier molecular flexibility index (Phi) is 3.23. The summed E-state index contributed by atoms with van der Waals surface area (Å²) in [5.74, 6) is 0.660. The van der Waals surface area contributed by atoms with Crippen molar-refractivity contribution >= 4 is 17.5 Å². The number of pyridine rings is 1. The fraction of sp³-hybridized carbons (Fsp3) is 0.143. The van der Waals surface area contributed by atoms with Crippen molar-refractivity contribution in [3.05, 3.63) is 41.6 Å². The molecule has 0 unspecified atom stereocenters. The first kappa shape index (κ1) is 13.0. The van der Waals surface area contributed by atoms with Gasteiger partial charge in [0.15, 0.2) is 11.5 Å². The molecule has 21 heavy (non-hydrogen) atoms. The van der Waals surface area contributed by atoms with E-state index in [-0.39, 0.29) is 18.0 Å². The Hall–Kier alpha value is -2.96. The predicted molar refractivity (Wildman–Crippen MR) is 75.5 cm³/mol. The van der Waals surface area contributed by atoms with Crippen LogP contribution in [0.25, 0.3) is 0 Å². The van der Waals surface area contributed by atoms with Gasteiger partial charge in [-0.25, -0.2) is 9.78 Å². The third-order valence-electron chi connectivity index (χ3n) is 3.12. The highest BCUT2D eigenvalue weighted by Crippen LogP contribution is 2.32. The van der Waals surface area contributed by atoms with Crippen molar-refractivity contribution in [2.45, 2.75) is 6.54 Å². The minimum Gasteiger partial charge on any atom is -0.478 e. The number of carboxylic acids is 1. The number of carbonyl (C=O) groups is 1. The molecular weight excluding hydrogens is 274 g/mol. The average Bonchev–Trinajstić information content (AvgIpc) is 2.93. The highest BCUT2D eigenvalue weighted by atomic mass is 16.7. The lowest BCUT2D eigenvalue weighted by Crippen LogP contribution is -2.09. The summed E-state index contributed by atoms with van der Waals surface area (Å²) in [5.41, 5.74) is 6.88. The zero-order chi connectivity index (χ0) is 14.8. The van der Waals surface area contributed by atoms with Crippen molar-refractivity contribution in [3.8, 4) is 11.5 Å². The number of aromatic nitrogens is 1. The van der Waals surface area contributed by atoms with Crippen molar-refractivity contribution in [2.24, 2.45) is 0 Å². The van der Waals surface area contributed by atoms with Crippen LogP contribution in [0.2, 0.25) is 0 Å². The van der Waals surface area contributed by atoms with Crippen LogP contribution in [0.15, 0.2) is 30.5 Å². The number of rotatable bonds is 4. The van der Waals surface area contributed by atoms with Crippen LogP contribution in [-0.2, 0) is 6.54 Å². The Bertz CT molecular complexity index is 703. The number of nitrogens with zero attached hydrogens (tertiary/aromatic N) is 1. The third-order valence-corrected chi connectivity index (χ3v) is 3.12. The summed E-state index contributed by atoms with van der Waals surface area (Å²) in [5, 5.41) is 12.0. The standard InChI is InChI=1S/C14H13N3O4/c15-12-9(14(18)19)3-4-16-13(12)17-6-8-1-2-10-11(5-8)21-7-20-10/h1-5H,6-7,15H2,(H,16,17)(H,18,19). The van der Waals surface area contributed by atoms with E-state index in [4.69, 9.17) is 20.3 Å². The summed E-state index contributed by atoms with van der Waals surface area (Å²) in [6.07, 6.45) is 1.40. The van der Waals surface area contributed by atoms with Gasteiger partial charge in [-0.05, 0) is 23.8 Å². The second-order valence-electron chi connectivity index (χ2n) is 4.47. The summed E-state index contributed by atoms with van der Waals surface area (Å²) in [6, 6.07) is 6.93. The van der Waals surface area contributed by atoms with Crippen molar-refractivity contribution in [1.29, 1.82) is 0 Å². The lowest BCUT2D eigenvalue weighted by molar-refractivity contribution is 0.0698. The molecule has 0 spiro atoms. The summed E-state index contributed by atoms with van der Waals surface area (Å²) in [6.45, 7) is 0.665. The summed E-state index contributed by atoms with van der Waals surface area (Å²) in [4.78, 5) is 15.1. The molecule has 1 aromatic heterocycles. The molecule has 0 amide bonds. The number of nitrogens with two attached hydrogens (primary N) is 1. The van der Waals surface area contributed by atoms with Crippen LogP contribution < -0.4 is 20.5 Å². The van der Waals surface area contributed by atoms with E-state index in [0.717, 1.165) is 5.56 Å². The van der Waals surface area contributed by atoms with Crippen LogP contribution in [0.1, 0.15) is 15.9 Å². The lowest BCUT2D eigenvalue weighted by Gasteiger charge is -2.10. The van der Waals surface area contributed by atoms with E-state index in [1.165, 1.54) is 12.3 Å². The largest absolute Gasteiger partial charge is 0.478 e. The molecular formula is C14H13N3O4. The monoisotopic (exact) mass is 287 g/mol. The first-order chi connectivity index (χ1) is 10.1. The fourth-order valence-corrected chi connectivity index (χ4v) is 2.04. The normalized spacial score (nSPS) is 12.2. The molecule has 1 aliphatic heterocycles. The number of hydrogen-bond acceptors (Lipinski definition) is 6. The van der Waals surface area contributed by atoms with Crippen molar-refractivity contribution in [1.82, 2.24) is 4.98 Å². The minimum atomic E-state index is -1.08. The highest BCUT2D eigenvalue weighted by Gasteiger charge is 2.14. The van der Waals surface area contributed by atoms with Crippen LogP contribution in [-0.4, -0.2) is 22.9 Å². The molecule has 4 N–H and O–H groups in total. The molecule has 0 fully saturated rings. The molecule has 0 bridgehead atoms. The number of carboxylic acid groups (broad SMARTS) is 1. The second-order valence-corrected chi connectivity index (χ2v) is 4.47. The van der Waals surface area contributed by atoms with E-state index < -0.39 is 5.97 Å². The average molecular weight is 287 g/mol. The van der Waals surface area contributed by atoms with Crippen molar-refractivity contribution < 1.29 is 19.4 Å². The van der Waals surface area contributed by atoms with Gasteiger partial charge in [0.05, 0.1) is 11.3 Å². The first-order valence-corrected chi connectivity index (χ1v) is 6.25. The van der Waals surface area contributed by atoms with Gasteiger partial charge in [0.2, 0.25) is 6.79 Å². The predicted octanol–water partition coefficient (Wildman–Crippen LogP) is 1.70. The third kappa shape index (κ3) is 2.53. The van der Waals surface area contributed by atoms with Gasteiger partial charge >= 0.3 is 5.97 Å². The maximum Gasteiger partial charge on any atom is 0.337 e. The van der Waals surface area contributed by atoms with Crippen LogP contribution in [0.4, 0.5) is 11.5 Å². The fourth-order valence-electron chi connectivity index (χ4n) is 2.04. The van der Waals surface area contributed by atoms with E-state index in [9.17, 15) is 4.79 Å². The number of hydrogen-bond donors (Lipinski definition) is 3. The number of aromatic carboxylic acids is 1. The van der Waals surface area contributed by atoms with E-state index >= 15 is 0 Å². The van der Waals surface area contributed by atoms with Gasteiger partial charge in [0.1, 0.15) is 5.82 Å². The molecule has 0 atom stereocenters. The number of ether oxygens (including phenoxy) is 2. The molecule has 0 saturated heterocycles. The molecule has 1 aliphatic rings. The van der Waals surface area contributed by atoms with Gasteiger partial charge in [-0.1, -0.05) is 6.07 Å². The number of benzene rings is 1. The van der Waals surface area contributed by atoms with Gasteiger partial charge in [-0.15, -0.1) is 0 Å². The molecule has 3 rings (SSSR count). The lowest BCUT2D eigenvalue weighted by atomic mass is 10.2. The topological polar surface area (TPSA) is 107 Å². The smallest absolute Gasteiger partial charge is 0.337 e. The van der Waals surface area contributed by atoms with Gasteiger partial charge in [-0.3, -0.25) is 0 Å². The molecule has 7 nitrogen and oxygen atoms in total. The quantitative estimate of drug-likeness (QED) is 0.785. The van der Waals surface area contributed by atoms with E-state index in [1.807, 2.05) is 18.2 Å². The Morgan fingerprint density at radius 2 is 2.14 bits per heavy atom. The molecule has 108 valence electrons. The molecule has 0 radical (unpaired) electrons. The summed E-state index contributed by atoms with van der Waals surface area (Å²) in [7, 11) is 0. The number of nitrogens with one attached hydrogen (secondary N) is 1. The molecule has 7 heteroatoms. The Balaban J connectivity index is 1.76. The van der Waals surface area contributed by atoms with Crippen LogP contribution in [0.5, 0.6) is 11.5 Å². The van der Waals surface area contributed by atoms with Gasteiger partial charge in [0, 0.05) is 12.7 Å². The van der Waals surface area contributed by atoms with Crippen molar-refractivity contribution in [2.75, 3.05) is 17.8 Å². The Morgan fingerprint density at radius 3 is 2.95 bits per heavy atom. The van der Waals surface area contributed by atoms with Gasteiger partial charge in [0.25, 0.3) is 0 Å². The van der Waals surface area contributed by atoms with Crippen LogP contribution in [0, 0.1) is 0 Å². The molecule has 0 aliphatic carbocycles. The molecule has 2 aromatic rings. The maximum absolute atomic E-state index is 11.0. The zero-order valence-electron chi connectivity index (χ0n) is 11.0. The van der Waals surface area contributed by atoms with Crippen LogP contribution in [0.3, 0.4) is 0 Å². The number of anilines is 2. The second kappa shape index (κ2) is 5.20. The van der Waals surface area contributed by atoms with Gasteiger partial charge in [-0.2, -0.15) is 0 Å². The minimum absolute atomic E-state index is 0.0261. The molecule has 0 saturated carbocycles. The Labute approximate surface area is 120 Å². The maximum atomic E-state index is 11.0. The van der Waals surface area contributed by atoms with E-state index in [1.54, 1.807) is 0 Å². The van der Waals surface area contributed by atoms with Crippen LogP contribution >= 0.6 is 0 Å². The van der Waals surface area contributed by atoms with Gasteiger partial charge < -0.3 is 25.6 Å². The van der Waals surface area contributed by atoms with Crippen molar-refractivity contribution in [3.63, 3.8) is 0 Å². The summed E-state index contributed by atoms with van der Waals surface area (Å²) >= 11 is 0. The van der Waals surface area contributed by atoms with E-state index in [2.05, 4.69) is 10.3 Å². The SMILES string of the molecule is Nc1c(C(=O)O)ccnc1NCc1ccc2c(c1)OCO2. The number of nitrogen functional groups attached to an aromatic ring is 1. The highest BCUT2D eigenvalue weighted by molar-refractivity contribution is 5.96. The Morgan fingerprint density at radius 1 is 1.33 bits per heavy atom. The summed E-state index contributed by atoms with van der Waals surface area (Å²) < 4.78 is 10.5. The molecule has 1 aromatic carbocycles. The number of fused-ring (bicyclic) bond motifs is 1. The van der Waals surface area contributed by atoms with E-state index in [0.29, 0.717) is 23.9 Å². The first-order valence-electron chi connectivity index (χ1n) is 6.25.